The predicted molar refractivity (Wildman–Crippen MR) is 96.4 cm³/mol. The van der Waals surface area contributed by atoms with Crippen LogP contribution in [0.5, 0.6) is 0 Å². The molecule has 0 spiro atoms. The summed E-state index contributed by atoms with van der Waals surface area (Å²) in [5, 5.41) is 0. The molecule has 1 saturated heterocycles. The fraction of sp³-hybridized carbons (Fsp3) is 1.00. The zero-order valence-electron chi connectivity index (χ0n) is 15.8. The van der Waals surface area contributed by atoms with Crippen molar-refractivity contribution in [2.45, 2.75) is 110 Å². The summed E-state index contributed by atoms with van der Waals surface area (Å²) in [7, 11) is 0. The van der Waals surface area contributed by atoms with Crippen molar-refractivity contribution in [3.8, 4) is 0 Å². The Hall–Kier alpha value is -0.0400. The van der Waals surface area contributed by atoms with Gasteiger partial charge in [-0.3, -0.25) is 0 Å². The van der Waals surface area contributed by atoms with Crippen LogP contribution >= 0.6 is 0 Å². The lowest BCUT2D eigenvalue weighted by Gasteiger charge is -2.39. The van der Waals surface area contributed by atoms with E-state index in [0.29, 0.717) is 23.0 Å². The van der Waals surface area contributed by atoms with Crippen LogP contribution in [0.15, 0.2) is 0 Å². The fourth-order valence-electron chi connectivity index (χ4n) is 7.07. The van der Waals surface area contributed by atoms with Crippen molar-refractivity contribution in [2.75, 3.05) is 0 Å². The Morgan fingerprint density at radius 1 is 0.783 bits per heavy atom. The largest absolute Gasteiger partial charge is 0.374 e. The van der Waals surface area contributed by atoms with Crippen LogP contribution in [0.1, 0.15) is 97.8 Å². The highest BCUT2D eigenvalue weighted by Gasteiger charge is 2.69. The van der Waals surface area contributed by atoms with E-state index in [4.69, 9.17) is 4.74 Å². The van der Waals surface area contributed by atoms with Gasteiger partial charge in [-0.05, 0) is 60.7 Å². The van der Waals surface area contributed by atoms with Crippen LogP contribution in [0.2, 0.25) is 0 Å². The minimum atomic E-state index is 0.451. The summed E-state index contributed by atoms with van der Waals surface area (Å²) in [6.07, 6.45) is 18.6. The van der Waals surface area contributed by atoms with Gasteiger partial charge in [0.25, 0.3) is 0 Å². The normalized spacial score (nSPS) is 47.6. The first-order chi connectivity index (χ1) is 11.0. The van der Waals surface area contributed by atoms with E-state index in [-0.39, 0.29) is 0 Å². The number of hydrogen-bond acceptors (Lipinski definition) is 1. The molecule has 4 fully saturated rings. The van der Waals surface area contributed by atoms with E-state index in [2.05, 4.69) is 20.8 Å². The molecule has 0 radical (unpaired) electrons. The molecule has 0 N–H and O–H groups in total. The lowest BCUT2D eigenvalue weighted by atomic mass is 9.70. The van der Waals surface area contributed by atoms with Crippen LogP contribution in [-0.4, -0.2) is 12.2 Å². The molecular weight excluding hydrogens is 280 g/mol. The van der Waals surface area contributed by atoms with Crippen molar-refractivity contribution in [1.29, 1.82) is 0 Å². The number of ether oxygens (including phenoxy) is 1. The van der Waals surface area contributed by atoms with Crippen LogP contribution in [0.25, 0.3) is 0 Å². The molecule has 3 aliphatic carbocycles. The third kappa shape index (κ3) is 2.52. The molecule has 4 rings (SSSR count). The highest BCUT2D eigenvalue weighted by atomic mass is 16.5. The first kappa shape index (κ1) is 16.4. The molecule has 0 aromatic carbocycles. The summed E-state index contributed by atoms with van der Waals surface area (Å²) in [5.41, 5.74) is 0.955. The molecule has 1 heterocycles. The zero-order valence-corrected chi connectivity index (χ0v) is 15.8. The van der Waals surface area contributed by atoms with Crippen LogP contribution in [0.4, 0.5) is 0 Å². The maximum atomic E-state index is 6.87. The topological polar surface area (TPSA) is 9.23 Å². The molecule has 0 aromatic rings. The second kappa shape index (κ2) is 6.04. The van der Waals surface area contributed by atoms with E-state index < -0.39 is 0 Å². The second-order valence-electron chi connectivity index (χ2n) is 10.1. The zero-order chi connectivity index (χ0) is 16.1. The monoisotopic (exact) mass is 318 g/mol. The molecule has 3 saturated carbocycles. The van der Waals surface area contributed by atoms with E-state index in [1.807, 2.05) is 0 Å². The van der Waals surface area contributed by atoms with Gasteiger partial charge in [-0.15, -0.1) is 0 Å². The quantitative estimate of drug-likeness (QED) is 0.547. The molecule has 0 amide bonds. The highest BCUT2D eigenvalue weighted by molar-refractivity contribution is 5.17. The first-order valence-corrected chi connectivity index (χ1v) is 10.7. The second-order valence-corrected chi connectivity index (χ2v) is 10.1. The molecule has 1 aliphatic heterocycles. The fourth-order valence-corrected chi connectivity index (χ4v) is 7.07. The summed E-state index contributed by atoms with van der Waals surface area (Å²) in [6.45, 7) is 7.61. The van der Waals surface area contributed by atoms with Gasteiger partial charge in [-0.1, -0.05) is 65.7 Å². The van der Waals surface area contributed by atoms with Crippen LogP contribution < -0.4 is 0 Å². The van der Waals surface area contributed by atoms with Gasteiger partial charge in [0, 0.05) is 0 Å². The van der Waals surface area contributed by atoms with E-state index >= 15 is 0 Å². The third-order valence-electron chi connectivity index (χ3n) is 8.91. The van der Waals surface area contributed by atoms with Gasteiger partial charge in [-0.25, -0.2) is 0 Å². The van der Waals surface area contributed by atoms with Gasteiger partial charge in [0.05, 0.1) is 12.2 Å². The smallest absolute Gasteiger partial charge is 0.0669 e. The van der Waals surface area contributed by atoms with Crippen molar-refractivity contribution >= 4 is 0 Å². The van der Waals surface area contributed by atoms with Gasteiger partial charge >= 0.3 is 0 Å². The summed E-state index contributed by atoms with van der Waals surface area (Å²) in [5.74, 6) is 2.68. The van der Waals surface area contributed by atoms with Crippen LogP contribution in [-0.2, 0) is 4.74 Å². The minimum Gasteiger partial charge on any atom is -0.374 e. The average molecular weight is 319 g/mol. The Balaban J connectivity index is 1.44. The summed E-state index contributed by atoms with van der Waals surface area (Å²) in [6, 6.07) is 0. The molecule has 1 nitrogen and oxygen atoms in total. The molecule has 5 atom stereocenters. The van der Waals surface area contributed by atoms with Gasteiger partial charge < -0.3 is 4.74 Å². The molecule has 2 bridgehead atoms. The van der Waals surface area contributed by atoms with Crippen molar-refractivity contribution < 1.29 is 4.74 Å². The lowest BCUT2D eigenvalue weighted by molar-refractivity contribution is -0.0736. The Morgan fingerprint density at radius 2 is 1.39 bits per heavy atom. The molecule has 5 unspecified atom stereocenters. The molecule has 0 aromatic heterocycles. The number of rotatable bonds is 1. The Labute approximate surface area is 143 Å². The van der Waals surface area contributed by atoms with Crippen LogP contribution in [0, 0.1) is 28.6 Å². The van der Waals surface area contributed by atoms with Crippen molar-refractivity contribution in [3.05, 3.63) is 0 Å². The van der Waals surface area contributed by atoms with E-state index in [1.54, 1.807) is 0 Å². The van der Waals surface area contributed by atoms with E-state index in [9.17, 15) is 0 Å². The van der Waals surface area contributed by atoms with Crippen molar-refractivity contribution in [3.63, 3.8) is 0 Å². The molecule has 132 valence electrons. The van der Waals surface area contributed by atoms with Gasteiger partial charge in [0.15, 0.2) is 0 Å². The summed E-state index contributed by atoms with van der Waals surface area (Å²) in [4.78, 5) is 0. The molecular formula is C22H38O. The standard InChI is InChI=1S/C22H38O/c1-21(2)18-13-14-22(21,3)20-17(18)15-19(23-20)16-11-9-7-5-4-6-8-10-12-16/h16-20H,4-15H2,1-3H3. The van der Waals surface area contributed by atoms with Crippen LogP contribution in [0.3, 0.4) is 0 Å². The lowest BCUT2D eigenvalue weighted by Crippen LogP contribution is -2.38. The average Bonchev–Trinajstić information content (AvgIpc) is 3.11. The van der Waals surface area contributed by atoms with E-state index in [0.717, 1.165) is 17.8 Å². The first-order valence-electron chi connectivity index (χ1n) is 10.7. The highest BCUT2D eigenvalue weighted by Crippen LogP contribution is 2.71. The predicted octanol–water partition coefficient (Wildman–Crippen LogP) is 6.36. The molecule has 4 aliphatic rings. The summed E-state index contributed by atoms with van der Waals surface area (Å²) < 4.78 is 6.87. The SMILES string of the molecule is CC1(C)C2CCC1(C)C1OC(C3CCCCCCCCC3)CC21. The van der Waals surface area contributed by atoms with Gasteiger partial charge in [0.1, 0.15) is 0 Å². The minimum absolute atomic E-state index is 0.451. The number of hydrogen-bond donors (Lipinski definition) is 0. The Bertz CT molecular complexity index is 418. The molecule has 23 heavy (non-hydrogen) atoms. The van der Waals surface area contributed by atoms with Crippen molar-refractivity contribution in [1.82, 2.24) is 0 Å². The van der Waals surface area contributed by atoms with E-state index in [1.165, 1.54) is 77.0 Å². The summed E-state index contributed by atoms with van der Waals surface area (Å²) >= 11 is 0. The maximum absolute atomic E-state index is 6.87. The Kier molecular flexibility index (Phi) is 4.32. The van der Waals surface area contributed by atoms with Gasteiger partial charge in [0.2, 0.25) is 0 Å². The number of fused-ring (bicyclic) bond motifs is 5. The van der Waals surface area contributed by atoms with Gasteiger partial charge in [-0.2, -0.15) is 0 Å². The molecule has 1 heteroatoms. The maximum Gasteiger partial charge on any atom is 0.0669 e. The third-order valence-corrected chi connectivity index (χ3v) is 8.91. The Morgan fingerprint density at radius 3 is 2.00 bits per heavy atom. The van der Waals surface area contributed by atoms with Crippen molar-refractivity contribution in [2.24, 2.45) is 28.6 Å².